The van der Waals surface area contributed by atoms with E-state index < -0.39 is 53.3 Å². The van der Waals surface area contributed by atoms with Crippen LogP contribution in [-0.4, -0.2) is 106 Å². The standard InChI is InChI=1S/2C25H20ClN3O6S.Ba/c2*1-14-10-17(13-21(22(14)26)36(32,33)34)28-29-23-19-9-4-3-6-15(19)11-20(24(23)30)25(31)27-16-7-5-8-18(12-16)35-2;/h2*3-13,30H,1-2H3,(H,27,31)(H,32,33,34);/q;;+2/p-2. The van der Waals surface area contributed by atoms with Gasteiger partial charge in [-0.15, -0.1) is 5.11 Å². The van der Waals surface area contributed by atoms with Crippen LogP contribution in [0.4, 0.5) is 34.1 Å². The summed E-state index contributed by atoms with van der Waals surface area (Å²) in [6.45, 7) is 3.08. The summed E-state index contributed by atoms with van der Waals surface area (Å²) in [5.41, 5.74) is 1.17. The zero-order valence-corrected chi connectivity index (χ0v) is 46.3. The fraction of sp³-hybridized carbons (Fsp3) is 0.0800. The van der Waals surface area contributed by atoms with Crippen LogP contribution < -0.4 is 25.0 Å². The molecule has 0 saturated carbocycles. The number of aryl methyl sites for hydroxylation is 2. The Labute approximate surface area is 468 Å². The fourth-order valence-corrected chi connectivity index (χ4v) is 9.18. The third kappa shape index (κ3) is 13.2. The maximum absolute atomic E-state index is 13.3. The molecule has 0 heterocycles. The van der Waals surface area contributed by atoms with E-state index in [1.54, 1.807) is 104 Å². The summed E-state index contributed by atoms with van der Waals surface area (Å²) < 4.78 is 75.9. The van der Waals surface area contributed by atoms with Crippen LogP contribution in [0.2, 0.25) is 10.0 Å². The molecule has 1 amide bonds. The molecule has 0 atom stereocenters. The van der Waals surface area contributed by atoms with E-state index in [1.807, 2.05) is 0 Å². The molecular weight excluding hydrogens is 1150 g/mol. The molecule has 0 aromatic heterocycles. The third-order valence-electron chi connectivity index (χ3n) is 10.6. The number of aromatic hydroxyl groups is 1. The van der Waals surface area contributed by atoms with E-state index in [9.17, 15) is 46.1 Å². The van der Waals surface area contributed by atoms with Crippen LogP contribution in [0.25, 0.3) is 21.5 Å². The van der Waals surface area contributed by atoms with Crippen LogP contribution >= 0.6 is 23.2 Å². The van der Waals surface area contributed by atoms with Gasteiger partial charge < -0.3 is 30.1 Å². The minimum Gasteiger partial charge on any atom is -0.871 e. The molecule has 0 aliphatic carbocycles. The number of hydrogen-bond donors (Lipinski definition) is 4. The summed E-state index contributed by atoms with van der Waals surface area (Å²) in [4.78, 5) is 16.0. The van der Waals surface area contributed by atoms with Crippen molar-refractivity contribution in [2.75, 3.05) is 19.5 Å². The van der Waals surface area contributed by atoms with Gasteiger partial charge >= 0.3 is 48.9 Å². The molecule has 368 valence electrons. The molecule has 8 rings (SSSR count). The van der Waals surface area contributed by atoms with Crippen molar-refractivity contribution in [3.8, 4) is 23.0 Å². The molecule has 0 bridgehead atoms. The van der Waals surface area contributed by atoms with Crippen LogP contribution in [0.15, 0.2) is 169 Å². The van der Waals surface area contributed by atoms with Crippen molar-refractivity contribution in [2.24, 2.45) is 25.4 Å². The van der Waals surface area contributed by atoms with Crippen molar-refractivity contribution in [1.82, 2.24) is 0 Å². The first-order valence-corrected chi connectivity index (χ1v) is 24.5. The zero-order chi connectivity index (χ0) is 52.1. The summed E-state index contributed by atoms with van der Waals surface area (Å²) in [7, 11) is -6.23. The van der Waals surface area contributed by atoms with Gasteiger partial charge in [0.2, 0.25) is 0 Å². The number of methoxy groups -OCH3 is 2. The second-order valence-corrected chi connectivity index (χ2v) is 19.0. The number of ether oxygens (including phenoxy) is 2. The first kappa shape index (κ1) is 55.9. The number of halogens is 2. The quantitative estimate of drug-likeness (QED) is 0.0292. The third-order valence-corrected chi connectivity index (χ3v) is 13.5. The molecular formula is C50H38BaCl2N6O12S2. The number of azo groups is 2. The SMILES string of the molecule is COc1cccc(N=C([O-])c2cc3ccccc3c(N=Nc3cc(C)c(Cl)c(S(=O)(=O)O)c3)c2[O-])c1.COc1cccc(NC(=O)c2cc3ccccc3c(N=Nc3cc(C)c(Cl)c(S(=O)(=O)O)c3)c2O)c1.[Ba+2]. The number of carbonyl (C=O) groups is 1. The Bertz CT molecular complexity index is 3790. The number of anilines is 1. The Morgan fingerprint density at radius 1 is 0.603 bits per heavy atom. The number of phenols is 1. The number of fused-ring (bicyclic) bond motifs is 2. The van der Waals surface area contributed by atoms with E-state index in [1.165, 1.54) is 45.4 Å². The summed E-state index contributed by atoms with van der Waals surface area (Å²) in [6.07, 6.45) is 0. The van der Waals surface area contributed by atoms with Crippen LogP contribution in [0.1, 0.15) is 27.0 Å². The van der Waals surface area contributed by atoms with Gasteiger partial charge in [0.1, 0.15) is 27.0 Å². The molecule has 8 aromatic rings. The maximum Gasteiger partial charge on any atom is 2.00 e. The predicted molar refractivity (Wildman–Crippen MR) is 275 cm³/mol. The van der Waals surface area contributed by atoms with Gasteiger partial charge in [-0.05, 0) is 108 Å². The van der Waals surface area contributed by atoms with Gasteiger partial charge in [0.15, 0.2) is 5.75 Å². The van der Waals surface area contributed by atoms with Crippen molar-refractivity contribution in [1.29, 1.82) is 0 Å². The molecule has 0 fully saturated rings. The van der Waals surface area contributed by atoms with Gasteiger partial charge in [-0.3, -0.25) is 18.9 Å². The second-order valence-electron chi connectivity index (χ2n) is 15.5. The monoisotopic (exact) mass is 1190 g/mol. The summed E-state index contributed by atoms with van der Waals surface area (Å²) in [6, 6.07) is 35.0. The molecule has 0 spiro atoms. The van der Waals surface area contributed by atoms with Gasteiger partial charge in [-0.2, -0.15) is 32.2 Å². The second kappa shape index (κ2) is 23.6. The summed E-state index contributed by atoms with van der Waals surface area (Å²) >= 11 is 12.0. The Morgan fingerprint density at radius 2 is 1.08 bits per heavy atom. The number of amides is 1. The molecule has 23 heteroatoms. The van der Waals surface area contributed by atoms with Crippen molar-refractivity contribution in [3.05, 3.63) is 166 Å². The maximum atomic E-state index is 13.3. The topological polar surface area (TPSA) is 284 Å². The van der Waals surface area contributed by atoms with Gasteiger partial charge in [0.05, 0.1) is 52.6 Å². The Hall–Kier alpha value is -6.41. The van der Waals surface area contributed by atoms with E-state index in [-0.39, 0.29) is 92.8 Å². The van der Waals surface area contributed by atoms with E-state index >= 15 is 0 Å². The summed E-state index contributed by atoms with van der Waals surface area (Å²) in [5.74, 6) is -1.42. The van der Waals surface area contributed by atoms with Gasteiger partial charge in [0.25, 0.3) is 26.1 Å². The first-order valence-electron chi connectivity index (χ1n) is 20.9. The average molecular weight is 1190 g/mol. The molecule has 0 unspecified atom stereocenters. The van der Waals surface area contributed by atoms with Gasteiger partial charge in [-0.1, -0.05) is 89.6 Å². The van der Waals surface area contributed by atoms with Crippen molar-refractivity contribution < 1.29 is 55.5 Å². The number of phenolic OH excluding ortho intramolecular Hbond substituents is 1. The molecule has 4 N–H and O–H groups in total. The molecule has 0 aliphatic rings. The van der Waals surface area contributed by atoms with E-state index in [2.05, 4.69) is 30.8 Å². The van der Waals surface area contributed by atoms with E-state index in [4.69, 9.17) is 32.7 Å². The summed E-state index contributed by atoms with van der Waals surface area (Å²) in [5, 5.41) is 58.0. The smallest absolute Gasteiger partial charge is 0.871 e. The van der Waals surface area contributed by atoms with Gasteiger partial charge in [-0.25, -0.2) is 0 Å². The first-order chi connectivity index (χ1) is 34.2. The van der Waals surface area contributed by atoms with Crippen LogP contribution in [0.5, 0.6) is 23.0 Å². The number of benzene rings is 8. The number of hydrogen-bond acceptors (Lipinski definition) is 15. The molecule has 8 aromatic carbocycles. The Kier molecular flexibility index (Phi) is 18.1. The minimum atomic E-state index is -4.62. The zero-order valence-electron chi connectivity index (χ0n) is 38.7. The minimum absolute atomic E-state index is 0. The number of nitrogens with zero attached hydrogens (tertiary/aromatic N) is 5. The molecule has 73 heavy (non-hydrogen) atoms. The normalized spacial score (nSPS) is 11.9. The predicted octanol–water partition coefficient (Wildman–Crippen LogP) is 11.0. The van der Waals surface area contributed by atoms with Crippen molar-refractivity contribution >= 4 is 160 Å². The van der Waals surface area contributed by atoms with Crippen molar-refractivity contribution in [2.45, 2.75) is 23.6 Å². The van der Waals surface area contributed by atoms with E-state index in [0.717, 1.165) is 12.1 Å². The average Bonchev–Trinajstić information content (AvgIpc) is 3.34. The number of carbonyl (C=O) groups excluding carboxylic acids is 1. The molecule has 0 aliphatic heterocycles. The Morgan fingerprint density at radius 3 is 1.62 bits per heavy atom. The largest absolute Gasteiger partial charge is 2.00 e. The molecule has 18 nitrogen and oxygen atoms in total. The van der Waals surface area contributed by atoms with Crippen molar-refractivity contribution in [3.63, 3.8) is 0 Å². The van der Waals surface area contributed by atoms with E-state index in [0.29, 0.717) is 55.5 Å². The van der Waals surface area contributed by atoms with Crippen LogP contribution in [0, 0.1) is 13.8 Å². The fourth-order valence-electron chi connectivity index (χ4n) is 7.06. The van der Waals surface area contributed by atoms with Crippen LogP contribution in [-0.2, 0) is 20.2 Å². The van der Waals surface area contributed by atoms with Gasteiger partial charge in [0, 0.05) is 28.6 Å². The molecule has 0 radical (unpaired) electrons. The number of nitrogens with one attached hydrogen (secondary N) is 1. The Balaban J connectivity index is 0.000000235. The van der Waals surface area contributed by atoms with Crippen LogP contribution in [0.3, 0.4) is 0 Å². The molecule has 0 saturated heterocycles. The number of rotatable bonds is 12. The number of aliphatic imine (C=N–C) groups is 1.